The number of aromatic nitrogens is 1. The molecular weight excluding hydrogens is 485 g/mol. The van der Waals surface area contributed by atoms with E-state index in [0.717, 1.165) is 72.8 Å². The largest absolute Gasteiger partial charge is 0.494 e. The molecule has 0 amide bonds. The van der Waals surface area contributed by atoms with E-state index in [0.29, 0.717) is 12.1 Å². The molecule has 0 radical (unpaired) electrons. The molecule has 1 aliphatic heterocycles. The number of benzene rings is 2. The SMILES string of the molecule is C[C@@H]1CN(Cc2ccc(OCCCCCSc3ccnc4cc(C(F)(F)F)ccc34)cc2)C[C@H](C)O1. The number of pyridine rings is 1. The van der Waals surface area contributed by atoms with E-state index in [1.54, 1.807) is 18.0 Å². The van der Waals surface area contributed by atoms with Crippen LogP contribution in [0.5, 0.6) is 5.75 Å². The highest BCUT2D eigenvalue weighted by molar-refractivity contribution is 7.99. The van der Waals surface area contributed by atoms with Crippen LogP contribution >= 0.6 is 11.8 Å². The molecule has 3 aromatic rings. The second-order valence-corrected chi connectivity index (χ2v) is 10.5. The van der Waals surface area contributed by atoms with Gasteiger partial charge in [-0.1, -0.05) is 18.2 Å². The van der Waals surface area contributed by atoms with Gasteiger partial charge in [0.15, 0.2) is 0 Å². The summed E-state index contributed by atoms with van der Waals surface area (Å²) in [5, 5.41) is 0.764. The Morgan fingerprint density at radius 3 is 2.47 bits per heavy atom. The number of alkyl halides is 3. The Bertz CT molecular complexity index is 1110. The summed E-state index contributed by atoms with van der Waals surface area (Å²) in [4.78, 5) is 7.51. The molecule has 2 heterocycles. The predicted octanol–water partition coefficient (Wildman–Crippen LogP) is 7.20. The highest BCUT2D eigenvalue weighted by Crippen LogP contribution is 2.34. The first-order valence-electron chi connectivity index (χ1n) is 12.5. The highest BCUT2D eigenvalue weighted by atomic mass is 32.2. The van der Waals surface area contributed by atoms with Gasteiger partial charge in [-0.3, -0.25) is 9.88 Å². The number of hydrogen-bond acceptors (Lipinski definition) is 5. The second-order valence-electron chi connectivity index (χ2n) is 9.39. The number of rotatable bonds is 10. The lowest BCUT2D eigenvalue weighted by Gasteiger charge is -2.35. The van der Waals surface area contributed by atoms with Crippen LogP contribution in [0.2, 0.25) is 0 Å². The average Bonchev–Trinajstić information content (AvgIpc) is 2.83. The van der Waals surface area contributed by atoms with Gasteiger partial charge in [-0.05, 0) is 74.8 Å². The Morgan fingerprint density at radius 1 is 1.00 bits per heavy atom. The molecule has 0 aliphatic carbocycles. The molecule has 194 valence electrons. The molecule has 2 aromatic carbocycles. The standard InChI is InChI=1S/C28H33F3N2O2S/c1-20-17-33(18-21(2)35-20)19-22-6-9-24(10-7-22)34-14-4-3-5-15-36-27-12-13-32-26-16-23(28(29,30)31)8-11-25(26)27/h6-13,16,20-21H,3-5,14-15,17-19H2,1-2H3/t20-,21+. The van der Waals surface area contributed by atoms with Crippen molar-refractivity contribution < 1.29 is 22.6 Å². The van der Waals surface area contributed by atoms with Crippen LogP contribution in [0.1, 0.15) is 44.2 Å². The van der Waals surface area contributed by atoms with E-state index < -0.39 is 11.7 Å². The molecule has 4 nitrogen and oxygen atoms in total. The summed E-state index contributed by atoms with van der Waals surface area (Å²) < 4.78 is 50.6. The molecule has 0 bridgehead atoms. The molecule has 2 atom stereocenters. The summed E-state index contributed by atoms with van der Waals surface area (Å²) in [5.74, 6) is 1.78. The normalized spacial score (nSPS) is 19.0. The maximum Gasteiger partial charge on any atom is 0.416 e. The third-order valence-electron chi connectivity index (χ3n) is 6.17. The van der Waals surface area contributed by atoms with Gasteiger partial charge in [0.05, 0.1) is 29.9 Å². The van der Waals surface area contributed by atoms with Crippen molar-refractivity contribution in [1.29, 1.82) is 0 Å². The van der Waals surface area contributed by atoms with Crippen molar-refractivity contribution in [2.24, 2.45) is 0 Å². The molecule has 36 heavy (non-hydrogen) atoms. The Kier molecular flexibility index (Phi) is 9.14. The maximum absolute atomic E-state index is 13.0. The zero-order chi connectivity index (χ0) is 25.5. The van der Waals surface area contributed by atoms with Gasteiger partial charge >= 0.3 is 6.18 Å². The fraction of sp³-hybridized carbons (Fsp3) is 0.464. The van der Waals surface area contributed by atoms with E-state index in [9.17, 15) is 13.2 Å². The minimum atomic E-state index is -4.36. The van der Waals surface area contributed by atoms with Crippen LogP contribution in [0, 0.1) is 0 Å². The molecule has 4 rings (SSSR count). The molecule has 0 spiro atoms. The lowest BCUT2D eigenvalue weighted by molar-refractivity contribution is -0.137. The average molecular weight is 519 g/mol. The van der Waals surface area contributed by atoms with Gasteiger partial charge in [0.2, 0.25) is 0 Å². The third-order valence-corrected chi connectivity index (χ3v) is 7.33. The van der Waals surface area contributed by atoms with Crippen LogP contribution in [0.15, 0.2) is 59.6 Å². The monoisotopic (exact) mass is 518 g/mol. The van der Waals surface area contributed by atoms with Crippen molar-refractivity contribution in [3.63, 3.8) is 0 Å². The molecule has 1 aliphatic rings. The number of fused-ring (bicyclic) bond motifs is 1. The highest BCUT2D eigenvalue weighted by Gasteiger charge is 2.30. The van der Waals surface area contributed by atoms with Gasteiger partial charge in [-0.25, -0.2) is 0 Å². The first kappa shape index (κ1) is 26.8. The van der Waals surface area contributed by atoms with E-state index >= 15 is 0 Å². The van der Waals surface area contributed by atoms with E-state index in [-0.39, 0.29) is 12.2 Å². The van der Waals surface area contributed by atoms with E-state index in [1.165, 1.54) is 11.6 Å². The number of unbranched alkanes of at least 4 members (excludes halogenated alkanes) is 2. The first-order valence-corrected chi connectivity index (χ1v) is 13.4. The first-order chi connectivity index (χ1) is 17.3. The third kappa shape index (κ3) is 7.60. The topological polar surface area (TPSA) is 34.6 Å². The molecule has 0 unspecified atom stereocenters. The Hall–Kier alpha value is -2.29. The second kappa shape index (κ2) is 12.3. The summed E-state index contributed by atoms with van der Waals surface area (Å²) >= 11 is 1.66. The van der Waals surface area contributed by atoms with Crippen molar-refractivity contribution in [3.8, 4) is 5.75 Å². The number of morpholine rings is 1. The Morgan fingerprint density at radius 2 is 1.75 bits per heavy atom. The molecule has 1 fully saturated rings. The Balaban J connectivity index is 1.15. The minimum absolute atomic E-state index is 0.269. The molecule has 1 aromatic heterocycles. The lowest BCUT2D eigenvalue weighted by atomic mass is 10.1. The van der Waals surface area contributed by atoms with Gasteiger partial charge in [0, 0.05) is 36.1 Å². The molecule has 0 N–H and O–H groups in total. The van der Waals surface area contributed by atoms with Crippen LogP contribution in [-0.2, 0) is 17.5 Å². The van der Waals surface area contributed by atoms with Crippen LogP contribution in [0.25, 0.3) is 10.9 Å². The van der Waals surface area contributed by atoms with Crippen molar-refractivity contribution in [1.82, 2.24) is 9.88 Å². The van der Waals surface area contributed by atoms with Crippen LogP contribution in [-0.4, -0.2) is 47.5 Å². The zero-order valence-corrected chi connectivity index (χ0v) is 21.6. The van der Waals surface area contributed by atoms with Crippen LogP contribution < -0.4 is 4.74 Å². The summed E-state index contributed by atoms with van der Waals surface area (Å²) in [6.45, 7) is 7.74. The predicted molar refractivity (Wildman–Crippen MR) is 139 cm³/mol. The number of hydrogen-bond donors (Lipinski definition) is 0. The summed E-state index contributed by atoms with van der Waals surface area (Å²) in [5.41, 5.74) is 0.989. The zero-order valence-electron chi connectivity index (χ0n) is 20.8. The van der Waals surface area contributed by atoms with Crippen molar-refractivity contribution >= 4 is 22.7 Å². The van der Waals surface area contributed by atoms with Gasteiger partial charge in [-0.15, -0.1) is 11.8 Å². The van der Waals surface area contributed by atoms with Gasteiger partial charge < -0.3 is 9.47 Å². The van der Waals surface area contributed by atoms with E-state index in [4.69, 9.17) is 9.47 Å². The number of halogens is 3. The molecule has 0 saturated carbocycles. The maximum atomic E-state index is 13.0. The van der Waals surface area contributed by atoms with Crippen molar-refractivity contribution in [2.75, 3.05) is 25.4 Å². The number of thioether (sulfide) groups is 1. The number of ether oxygens (including phenoxy) is 2. The number of nitrogens with zero attached hydrogens (tertiary/aromatic N) is 2. The quantitative estimate of drug-likeness (QED) is 0.209. The van der Waals surface area contributed by atoms with Crippen LogP contribution in [0.3, 0.4) is 0 Å². The molecule has 8 heteroatoms. The van der Waals surface area contributed by atoms with E-state index in [1.807, 2.05) is 18.2 Å². The Labute approximate surface area is 215 Å². The lowest BCUT2D eigenvalue weighted by Crippen LogP contribution is -2.44. The minimum Gasteiger partial charge on any atom is -0.494 e. The van der Waals surface area contributed by atoms with Crippen molar-refractivity contribution in [3.05, 3.63) is 65.9 Å². The van der Waals surface area contributed by atoms with Gasteiger partial charge in [-0.2, -0.15) is 13.2 Å². The summed E-state index contributed by atoms with van der Waals surface area (Å²) in [6, 6.07) is 14.0. The van der Waals surface area contributed by atoms with Crippen molar-refractivity contribution in [2.45, 2.75) is 62.9 Å². The van der Waals surface area contributed by atoms with Crippen LogP contribution in [0.4, 0.5) is 13.2 Å². The molecule has 1 saturated heterocycles. The fourth-order valence-electron chi connectivity index (χ4n) is 4.54. The fourth-order valence-corrected chi connectivity index (χ4v) is 5.59. The van der Waals surface area contributed by atoms with E-state index in [2.05, 4.69) is 35.9 Å². The smallest absolute Gasteiger partial charge is 0.416 e. The van der Waals surface area contributed by atoms with Gasteiger partial charge in [0.25, 0.3) is 0 Å². The summed E-state index contributed by atoms with van der Waals surface area (Å²) in [7, 11) is 0. The van der Waals surface area contributed by atoms with Gasteiger partial charge in [0.1, 0.15) is 5.75 Å². The molecular formula is C28H33F3N2O2S. The summed E-state index contributed by atoms with van der Waals surface area (Å²) in [6.07, 6.45) is 0.747.